The third-order valence-corrected chi connectivity index (χ3v) is 2.64. The monoisotopic (exact) mass is 216 g/mol. The van der Waals surface area contributed by atoms with Crippen LogP contribution in [0.4, 0.5) is 0 Å². The predicted octanol–water partition coefficient (Wildman–Crippen LogP) is 0.637. The minimum absolute atomic E-state index is 0.00340. The van der Waals surface area contributed by atoms with Gasteiger partial charge in [-0.05, 0) is 19.3 Å². The zero-order valence-electron chi connectivity index (χ0n) is 9.99. The molecule has 0 aromatic heterocycles. The van der Waals surface area contributed by atoms with Gasteiger partial charge in [-0.25, -0.2) is 0 Å². The maximum absolute atomic E-state index is 11.5. The van der Waals surface area contributed by atoms with Gasteiger partial charge in [-0.3, -0.25) is 4.79 Å². The number of hydrogen-bond donors (Lipinski definition) is 3. The maximum Gasteiger partial charge on any atom is 0.221 e. The Bertz CT molecular complexity index is 185. The molecule has 3 atom stereocenters. The Labute approximate surface area is 92.2 Å². The van der Waals surface area contributed by atoms with Crippen LogP contribution in [0.15, 0.2) is 0 Å². The minimum Gasteiger partial charge on any atom is -0.396 e. The predicted molar refractivity (Wildman–Crippen MR) is 61.4 cm³/mol. The smallest absolute Gasteiger partial charge is 0.221 e. The molecule has 0 aromatic carbocycles. The van der Waals surface area contributed by atoms with Gasteiger partial charge in [0.05, 0.1) is 0 Å². The van der Waals surface area contributed by atoms with Gasteiger partial charge < -0.3 is 16.2 Å². The molecule has 0 radical (unpaired) electrons. The van der Waals surface area contributed by atoms with Crippen LogP contribution in [0.2, 0.25) is 0 Å². The van der Waals surface area contributed by atoms with Crippen LogP contribution in [-0.2, 0) is 4.79 Å². The fraction of sp³-hybridized carbons (Fsp3) is 0.909. The first-order valence-electron chi connectivity index (χ1n) is 5.67. The molecule has 0 saturated heterocycles. The van der Waals surface area contributed by atoms with Gasteiger partial charge in [0, 0.05) is 25.1 Å². The highest BCUT2D eigenvalue weighted by Gasteiger charge is 2.15. The fourth-order valence-corrected chi connectivity index (χ4v) is 1.32. The lowest BCUT2D eigenvalue weighted by atomic mass is 10.0. The topological polar surface area (TPSA) is 75.4 Å². The summed E-state index contributed by atoms with van der Waals surface area (Å²) in [5.41, 5.74) is 5.76. The quantitative estimate of drug-likeness (QED) is 0.584. The van der Waals surface area contributed by atoms with Crippen LogP contribution in [0.1, 0.15) is 40.0 Å². The summed E-state index contributed by atoms with van der Waals surface area (Å²) in [5, 5.41) is 11.7. The highest BCUT2D eigenvalue weighted by Crippen LogP contribution is 2.03. The molecule has 0 saturated carbocycles. The summed E-state index contributed by atoms with van der Waals surface area (Å²) in [7, 11) is 0. The SMILES string of the molecule is CCCC(N)CC(=O)NC(C)C(C)CO. The number of amides is 1. The molecule has 0 heterocycles. The summed E-state index contributed by atoms with van der Waals surface area (Å²) in [5.74, 6) is 0.0556. The molecule has 0 bridgehead atoms. The number of aliphatic hydroxyl groups excluding tert-OH is 1. The summed E-state index contributed by atoms with van der Waals surface area (Å²) >= 11 is 0. The molecule has 0 fully saturated rings. The molecule has 0 spiro atoms. The molecule has 1 amide bonds. The highest BCUT2D eigenvalue weighted by atomic mass is 16.3. The molecule has 0 aromatic rings. The van der Waals surface area contributed by atoms with Crippen molar-refractivity contribution < 1.29 is 9.90 Å². The van der Waals surface area contributed by atoms with Crippen LogP contribution in [0.3, 0.4) is 0 Å². The Kier molecular flexibility index (Phi) is 7.34. The Morgan fingerprint density at radius 2 is 2.07 bits per heavy atom. The van der Waals surface area contributed by atoms with E-state index in [1.807, 2.05) is 20.8 Å². The first-order valence-corrected chi connectivity index (χ1v) is 5.67. The van der Waals surface area contributed by atoms with Gasteiger partial charge in [0.25, 0.3) is 0 Å². The zero-order chi connectivity index (χ0) is 11.8. The molecule has 4 nitrogen and oxygen atoms in total. The van der Waals surface area contributed by atoms with Gasteiger partial charge >= 0.3 is 0 Å². The first kappa shape index (κ1) is 14.4. The second kappa shape index (κ2) is 7.65. The van der Waals surface area contributed by atoms with Crippen molar-refractivity contribution in [3.8, 4) is 0 Å². The second-order valence-electron chi connectivity index (χ2n) is 4.27. The molecule has 3 unspecified atom stereocenters. The Balaban J connectivity index is 3.82. The molecule has 0 aliphatic carbocycles. The number of carbonyl (C=O) groups is 1. The molecule has 0 aliphatic rings. The Morgan fingerprint density at radius 3 is 2.53 bits per heavy atom. The number of carbonyl (C=O) groups excluding carboxylic acids is 1. The normalized spacial score (nSPS) is 16.9. The average molecular weight is 216 g/mol. The molecular weight excluding hydrogens is 192 g/mol. The van der Waals surface area contributed by atoms with Crippen molar-refractivity contribution in [2.24, 2.45) is 11.7 Å². The van der Waals surface area contributed by atoms with E-state index in [1.54, 1.807) is 0 Å². The van der Waals surface area contributed by atoms with E-state index in [0.717, 1.165) is 12.8 Å². The molecule has 15 heavy (non-hydrogen) atoms. The first-order chi connectivity index (χ1) is 7.01. The van der Waals surface area contributed by atoms with Crippen LogP contribution >= 0.6 is 0 Å². The van der Waals surface area contributed by atoms with Crippen molar-refractivity contribution in [1.82, 2.24) is 5.32 Å². The maximum atomic E-state index is 11.5. The summed E-state index contributed by atoms with van der Waals surface area (Å²) in [6.45, 7) is 5.93. The third kappa shape index (κ3) is 6.47. The lowest BCUT2D eigenvalue weighted by molar-refractivity contribution is -0.122. The van der Waals surface area contributed by atoms with E-state index in [4.69, 9.17) is 10.8 Å². The summed E-state index contributed by atoms with van der Waals surface area (Å²) in [4.78, 5) is 11.5. The van der Waals surface area contributed by atoms with Gasteiger partial charge in [0.2, 0.25) is 5.91 Å². The van der Waals surface area contributed by atoms with E-state index in [1.165, 1.54) is 0 Å². The number of nitrogens with two attached hydrogens (primary N) is 1. The third-order valence-electron chi connectivity index (χ3n) is 2.64. The second-order valence-corrected chi connectivity index (χ2v) is 4.27. The van der Waals surface area contributed by atoms with Crippen molar-refractivity contribution in [3.63, 3.8) is 0 Å². The van der Waals surface area contributed by atoms with Gasteiger partial charge in [0.15, 0.2) is 0 Å². The Hall–Kier alpha value is -0.610. The molecule has 4 N–H and O–H groups in total. The van der Waals surface area contributed by atoms with Crippen LogP contribution in [0.25, 0.3) is 0 Å². The van der Waals surface area contributed by atoms with E-state index in [-0.39, 0.29) is 30.5 Å². The molecule has 90 valence electrons. The molecule has 0 aliphatic heterocycles. The van der Waals surface area contributed by atoms with Crippen molar-refractivity contribution in [2.75, 3.05) is 6.61 Å². The average Bonchev–Trinajstić information content (AvgIpc) is 2.16. The minimum atomic E-state index is -0.0494. The van der Waals surface area contributed by atoms with E-state index < -0.39 is 0 Å². The van der Waals surface area contributed by atoms with Gasteiger partial charge in [-0.15, -0.1) is 0 Å². The van der Waals surface area contributed by atoms with E-state index >= 15 is 0 Å². The number of nitrogens with one attached hydrogen (secondary N) is 1. The summed E-state index contributed by atoms with van der Waals surface area (Å²) in [6, 6.07) is -0.0528. The fourth-order valence-electron chi connectivity index (χ4n) is 1.32. The van der Waals surface area contributed by atoms with Crippen molar-refractivity contribution in [1.29, 1.82) is 0 Å². The number of aliphatic hydroxyl groups is 1. The Morgan fingerprint density at radius 1 is 1.47 bits per heavy atom. The van der Waals surface area contributed by atoms with Crippen LogP contribution in [0.5, 0.6) is 0 Å². The van der Waals surface area contributed by atoms with Crippen molar-refractivity contribution in [3.05, 3.63) is 0 Å². The van der Waals surface area contributed by atoms with E-state index in [0.29, 0.717) is 6.42 Å². The lowest BCUT2D eigenvalue weighted by Crippen LogP contribution is -2.40. The zero-order valence-corrected chi connectivity index (χ0v) is 9.99. The van der Waals surface area contributed by atoms with Crippen LogP contribution in [-0.4, -0.2) is 29.7 Å². The standard InChI is InChI=1S/C11H24N2O2/c1-4-5-10(12)6-11(15)13-9(3)8(2)7-14/h8-10,14H,4-7,12H2,1-3H3,(H,13,15). The van der Waals surface area contributed by atoms with Crippen LogP contribution < -0.4 is 11.1 Å². The summed E-state index contributed by atoms with van der Waals surface area (Å²) in [6.07, 6.45) is 2.24. The molecule has 4 heteroatoms. The van der Waals surface area contributed by atoms with E-state index in [2.05, 4.69) is 5.32 Å². The highest BCUT2D eigenvalue weighted by molar-refractivity contribution is 5.76. The lowest BCUT2D eigenvalue weighted by Gasteiger charge is -2.20. The van der Waals surface area contributed by atoms with Crippen molar-refractivity contribution >= 4 is 5.91 Å². The van der Waals surface area contributed by atoms with Gasteiger partial charge in [-0.1, -0.05) is 20.3 Å². The van der Waals surface area contributed by atoms with Crippen molar-refractivity contribution in [2.45, 2.75) is 52.1 Å². The largest absolute Gasteiger partial charge is 0.396 e. The molecular formula is C11H24N2O2. The van der Waals surface area contributed by atoms with Gasteiger partial charge in [0.1, 0.15) is 0 Å². The molecule has 0 rings (SSSR count). The van der Waals surface area contributed by atoms with E-state index in [9.17, 15) is 4.79 Å². The van der Waals surface area contributed by atoms with Gasteiger partial charge in [-0.2, -0.15) is 0 Å². The number of hydrogen-bond acceptors (Lipinski definition) is 3. The van der Waals surface area contributed by atoms with Crippen LogP contribution in [0, 0.1) is 5.92 Å². The number of rotatable bonds is 7. The summed E-state index contributed by atoms with van der Waals surface area (Å²) < 4.78 is 0.